The lowest BCUT2D eigenvalue weighted by atomic mass is 9.83. The zero-order valence-corrected chi connectivity index (χ0v) is 13.1. The first kappa shape index (κ1) is 15.6. The van der Waals surface area contributed by atoms with E-state index in [1.54, 1.807) is 0 Å². The Morgan fingerprint density at radius 3 is 2.45 bits per heavy atom. The maximum absolute atomic E-state index is 9.35. The van der Waals surface area contributed by atoms with Crippen LogP contribution in [0.4, 0.5) is 0 Å². The molecule has 1 atom stereocenters. The lowest BCUT2D eigenvalue weighted by Gasteiger charge is -2.37. The van der Waals surface area contributed by atoms with Crippen molar-refractivity contribution in [3.8, 4) is 0 Å². The summed E-state index contributed by atoms with van der Waals surface area (Å²) in [7, 11) is 0. The summed E-state index contributed by atoms with van der Waals surface area (Å²) in [4.78, 5) is 2.29. The van der Waals surface area contributed by atoms with Crippen LogP contribution in [0.5, 0.6) is 0 Å². The number of nitrogens with zero attached hydrogens (tertiary/aromatic N) is 1. The summed E-state index contributed by atoms with van der Waals surface area (Å²) >= 11 is 5.98. The number of halogens is 1. The summed E-state index contributed by atoms with van der Waals surface area (Å²) in [5.74, 6) is 0.836. The molecule has 2 rings (SSSR count). The van der Waals surface area contributed by atoms with Gasteiger partial charge in [0.25, 0.3) is 0 Å². The second-order valence-electron chi connectivity index (χ2n) is 6.04. The lowest BCUT2D eigenvalue weighted by Crippen LogP contribution is -2.51. The standard InChI is InChI=1S/C17H24ClNO/c1-12(2)13(3)17(8-9-19-10-16(20)11-19)14-4-6-15(18)7-5-14/h4-7,12,16-17,20H,3,8-11H2,1-2H3/t17-/m0/s1. The number of hydrogen-bond acceptors (Lipinski definition) is 2. The normalized spacial score (nSPS) is 18.1. The largest absolute Gasteiger partial charge is 0.390 e. The van der Waals surface area contributed by atoms with Crippen molar-refractivity contribution in [3.63, 3.8) is 0 Å². The maximum Gasteiger partial charge on any atom is 0.0793 e. The molecule has 1 heterocycles. The Kier molecular flexibility index (Phi) is 5.25. The molecular weight excluding hydrogens is 270 g/mol. The molecular formula is C17H24ClNO. The Balaban J connectivity index is 2.04. The number of rotatable bonds is 6. The minimum absolute atomic E-state index is 0.128. The highest BCUT2D eigenvalue weighted by atomic mass is 35.5. The summed E-state index contributed by atoms with van der Waals surface area (Å²) in [6, 6.07) is 8.10. The van der Waals surface area contributed by atoms with Crippen LogP contribution in [-0.2, 0) is 0 Å². The Bertz CT molecular complexity index is 449. The fraction of sp³-hybridized carbons (Fsp3) is 0.529. The van der Waals surface area contributed by atoms with E-state index in [9.17, 15) is 5.11 Å². The van der Waals surface area contributed by atoms with Crippen molar-refractivity contribution in [2.75, 3.05) is 19.6 Å². The van der Waals surface area contributed by atoms with Crippen molar-refractivity contribution >= 4 is 11.6 Å². The highest BCUT2D eigenvalue weighted by Crippen LogP contribution is 2.32. The van der Waals surface area contributed by atoms with Gasteiger partial charge in [0.05, 0.1) is 6.10 Å². The van der Waals surface area contributed by atoms with E-state index >= 15 is 0 Å². The molecule has 1 fully saturated rings. The van der Waals surface area contributed by atoms with Crippen molar-refractivity contribution in [3.05, 3.63) is 47.0 Å². The number of likely N-dealkylation sites (tertiary alicyclic amines) is 1. The predicted octanol–water partition coefficient (Wildman–Crippen LogP) is 3.70. The quantitative estimate of drug-likeness (QED) is 0.809. The monoisotopic (exact) mass is 293 g/mol. The first-order valence-corrected chi connectivity index (χ1v) is 7.69. The van der Waals surface area contributed by atoms with E-state index in [1.807, 2.05) is 12.1 Å². The molecule has 0 radical (unpaired) electrons. The van der Waals surface area contributed by atoms with E-state index in [0.717, 1.165) is 31.1 Å². The molecule has 2 nitrogen and oxygen atoms in total. The van der Waals surface area contributed by atoms with E-state index in [2.05, 4.69) is 37.5 Å². The van der Waals surface area contributed by atoms with Gasteiger partial charge in [-0.15, -0.1) is 0 Å². The number of benzene rings is 1. The Morgan fingerprint density at radius 1 is 1.35 bits per heavy atom. The van der Waals surface area contributed by atoms with Crippen LogP contribution in [0.1, 0.15) is 31.7 Å². The minimum atomic E-state index is -0.128. The van der Waals surface area contributed by atoms with Gasteiger partial charge in [0.2, 0.25) is 0 Å². The van der Waals surface area contributed by atoms with Gasteiger partial charge >= 0.3 is 0 Å². The molecule has 20 heavy (non-hydrogen) atoms. The number of hydrogen-bond donors (Lipinski definition) is 1. The fourth-order valence-electron chi connectivity index (χ4n) is 2.70. The number of aliphatic hydroxyl groups is 1. The molecule has 0 saturated carbocycles. The van der Waals surface area contributed by atoms with Crippen molar-refractivity contribution in [1.29, 1.82) is 0 Å². The minimum Gasteiger partial charge on any atom is -0.390 e. The van der Waals surface area contributed by atoms with Crippen molar-refractivity contribution < 1.29 is 5.11 Å². The van der Waals surface area contributed by atoms with Crippen LogP contribution in [0, 0.1) is 5.92 Å². The summed E-state index contributed by atoms with van der Waals surface area (Å²) in [5, 5.41) is 10.1. The fourth-order valence-corrected chi connectivity index (χ4v) is 2.83. The molecule has 0 aromatic heterocycles. The van der Waals surface area contributed by atoms with Crippen LogP contribution in [0.3, 0.4) is 0 Å². The predicted molar refractivity (Wildman–Crippen MR) is 85.2 cm³/mol. The first-order valence-electron chi connectivity index (χ1n) is 7.32. The first-order chi connectivity index (χ1) is 9.47. The zero-order valence-electron chi connectivity index (χ0n) is 12.3. The van der Waals surface area contributed by atoms with Gasteiger partial charge in [0.15, 0.2) is 0 Å². The highest BCUT2D eigenvalue weighted by Gasteiger charge is 2.26. The molecule has 1 aliphatic heterocycles. The van der Waals surface area contributed by atoms with E-state index in [-0.39, 0.29) is 6.10 Å². The van der Waals surface area contributed by atoms with Crippen LogP contribution >= 0.6 is 11.6 Å². The van der Waals surface area contributed by atoms with E-state index in [0.29, 0.717) is 11.8 Å². The van der Waals surface area contributed by atoms with E-state index < -0.39 is 0 Å². The zero-order chi connectivity index (χ0) is 14.7. The molecule has 1 aromatic carbocycles. The average molecular weight is 294 g/mol. The van der Waals surface area contributed by atoms with Crippen LogP contribution in [0.2, 0.25) is 5.02 Å². The number of aliphatic hydroxyl groups excluding tert-OH is 1. The molecule has 0 bridgehead atoms. The summed E-state index contributed by atoms with van der Waals surface area (Å²) in [5.41, 5.74) is 2.56. The lowest BCUT2D eigenvalue weighted by molar-refractivity contribution is 0.00113. The molecule has 0 aliphatic carbocycles. The molecule has 110 valence electrons. The molecule has 0 spiro atoms. The topological polar surface area (TPSA) is 23.5 Å². The molecule has 1 N–H and O–H groups in total. The molecule has 0 amide bonds. The van der Waals surface area contributed by atoms with Crippen LogP contribution in [-0.4, -0.2) is 35.7 Å². The average Bonchev–Trinajstić information content (AvgIpc) is 2.38. The third-order valence-electron chi connectivity index (χ3n) is 4.13. The van der Waals surface area contributed by atoms with Crippen molar-refractivity contribution in [1.82, 2.24) is 4.90 Å². The molecule has 1 aliphatic rings. The SMILES string of the molecule is C=C(C(C)C)[C@H](CCN1CC(O)C1)c1ccc(Cl)cc1. The number of allylic oxidation sites excluding steroid dienone is 1. The van der Waals surface area contributed by atoms with Gasteiger partial charge in [0.1, 0.15) is 0 Å². The number of β-amino-alcohol motifs (C(OH)–C–C–N with tert-alkyl or cyclic N) is 1. The van der Waals surface area contributed by atoms with Gasteiger partial charge in [0, 0.05) is 24.0 Å². The van der Waals surface area contributed by atoms with Gasteiger partial charge < -0.3 is 5.11 Å². The van der Waals surface area contributed by atoms with Crippen LogP contribution < -0.4 is 0 Å². The third kappa shape index (κ3) is 3.85. The third-order valence-corrected chi connectivity index (χ3v) is 4.39. The van der Waals surface area contributed by atoms with Crippen LogP contribution in [0.25, 0.3) is 0 Å². The Labute approximate surface area is 127 Å². The molecule has 1 saturated heterocycles. The summed E-state index contributed by atoms with van der Waals surface area (Å²) in [6.45, 7) is 11.3. The highest BCUT2D eigenvalue weighted by molar-refractivity contribution is 6.30. The van der Waals surface area contributed by atoms with Crippen molar-refractivity contribution in [2.24, 2.45) is 5.92 Å². The van der Waals surface area contributed by atoms with Crippen molar-refractivity contribution in [2.45, 2.75) is 32.3 Å². The summed E-state index contributed by atoms with van der Waals surface area (Å²) in [6.07, 6.45) is 0.919. The van der Waals surface area contributed by atoms with Gasteiger partial charge in [-0.05, 0) is 36.6 Å². The summed E-state index contributed by atoms with van der Waals surface area (Å²) < 4.78 is 0. The van der Waals surface area contributed by atoms with Gasteiger partial charge in [-0.25, -0.2) is 0 Å². The molecule has 3 heteroatoms. The Morgan fingerprint density at radius 2 is 1.95 bits per heavy atom. The Hall–Kier alpha value is -0.830. The van der Waals surface area contributed by atoms with Crippen LogP contribution in [0.15, 0.2) is 36.4 Å². The maximum atomic E-state index is 9.35. The second kappa shape index (κ2) is 6.75. The van der Waals surface area contributed by atoms with Gasteiger partial charge in [-0.2, -0.15) is 0 Å². The smallest absolute Gasteiger partial charge is 0.0793 e. The van der Waals surface area contributed by atoms with E-state index in [4.69, 9.17) is 11.6 Å². The molecule has 0 unspecified atom stereocenters. The van der Waals surface area contributed by atoms with Gasteiger partial charge in [-0.1, -0.05) is 49.7 Å². The van der Waals surface area contributed by atoms with Gasteiger partial charge in [-0.3, -0.25) is 4.90 Å². The second-order valence-corrected chi connectivity index (χ2v) is 6.47. The van der Waals surface area contributed by atoms with E-state index in [1.165, 1.54) is 11.1 Å². The molecule has 1 aromatic rings.